The van der Waals surface area contributed by atoms with Crippen molar-refractivity contribution in [1.82, 2.24) is 0 Å². The van der Waals surface area contributed by atoms with E-state index in [-0.39, 0.29) is 16.8 Å². The summed E-state index contributed by atoms with van der Waals surface area (Å²) >= 11 is 0. The Morgan fingerprint density at radius 2 is 2.38 bits per heavy atom. The molecule has 70 valence electrons. The van der Waals surface area contributed by atoms with Crippen molar-refractivity contribution < 1.29 is 21.6 Å². The summed E-state index contributed by atoms with van der Waals surface area (Å²) in [7, 11) is -0.609. The van der Waals surface area contributed by atoms with E-state index in [0.29, 0.717) is 0 Å². The molecule has 0 aliphatic carbocycles. The predicted octanol–water partition coefficient (Wildman–Crippen LogP) is -0.0626. The number of hydrogen-bond donors (Lipinski definition) is 2. The van der Waals surface area contributed by atoms with Crippen LogP contribution >= 0.6 is 0 Å². The van der Waals surface area contributed by atoms with E-state index in [2.05, 4.69) is 0 Å². The second-order valence-corrected chi connectivity index (χ2v) is 2.45. The van der Waals surface area contributed by atoms with Crippen LogP contribution < -0.4 is 10.2 Å². The molecule has 4 heteroatoms. The molecule has 0 fully saturated rings. The highest BCUT2D eigenvalue weighted by Crippen LogP contribution is 2.11. The molecule has 13 heavy (non-hydrogen) atoms. The van der Waals surface area contributed by atoms with E-state index in [4.69, 9.17) is 21.6 Å². The first kappa shape index (κ1) is 5.03. The summed E-state index contributed by atoms with van der Waals surface area (Å²) < 4.78 is 41.8. The minimum atomic E-state index is -2.93. The van der Waals surface area contributed by atoms with Gasteiger partial charge < -0.3 is 14.8 Å². The molecule has 0 bridgehead atoms. The van der Waals surface area contributed by atoms with Crippen LogP contribution in [0.2, 0.25) is 0 Å². The Morgan fingerprint density at radius 1 is 1.62 bits per heavy atom. The number of methoxy groups -OCH3 is 1. The molecule has 0 unspecified atom stereocenters. The van der Waals surface area contributed by atoms with Gasteiger partial charge in [0.25, 0.3) is 0 Å². The van der Waals surface area contributed by atoms with Gasteiger partial charge in [-0.15, -0.1) is 0 Å². The number of ether oxygens (including phenoxy) is 1. The normalized spacial score (nSPS) is 17.6. The predicted molar refractivity (Wildman–Crippen MR) is 52.2 cm³/mol. The summed E-state index contributed by atoms with van der Waals surface area (Å²) in [6.07, 6.45) is -2.71. The highest BCUT2D eigenvalue weighted by atomic mass is 16.5. The van der Waals surface area contributed by atoms with Crippen LogP contribution in [-0.4, -0.2) is 24.3 Å². The summed E-state index contributed by atoms with van der Waals surface area (Å²) in [4.78, 5) is 0. The van der Waals surface area contributed by atoms with Crippen molar-refractivity contribution in [2.24, 2.45) is 0 Å². The molecule has 0 amide bonds. The van der Waals surface area contributed by atoms with Gasteiger partial charge in [-0.1, -0.05) is 12.9 Å². The van der Waals surface area contributed by atoms with Crippen molar-refractivity contribution in [2.45, 2.75) is 13.2 Å². The Labute approximate surface area is 85.1 Å². The maximum atomic E-state index is 9.16. The summed E-state index contributed by atoms with van der Waals surface area (Å²) in [6, 6.07) is 3.78. The van der Waals surface area contributed by atoms with Gasteiger partial charge in [0.05, 0.1) is 7.11 Å². The zero-order valence-corrected chi connectivity index (χ0v) is 7.11. The molecule has 1 rings (SSSR count). The monoisotopic (exact) mass is 185 g/mol. The fourth-order valence-corrected chi connectivity index (χ4v) is 0.996. The minimum Gasteiger partial charge on any atom is -0.497 e. The quantitative estimate of drug-likeness (QED) is 0.648. The van der Waals surface area contributed by atoms with Crippen LogP contribution in [-0.2, 0) is 6.37 Å². The first-order chi connectivity index (χ1) is 8.11. The van der Waals surface area contributed by atoms with E-state index in [0.717, 1.165) is 6.07 Å². The second kappa shape index (κ2) is 4.30. The lowest BCUT2D eigenvalue weighted by Crippen LogP contribution is -2.32. The molecule has 0 radical (unpaired) electrons. The van der Waals surface area contributed by atoms with Gasteiger partial charge in [-0.25, -0.2) is 0 Å². The van der Waals surface area contributed by atoms with Crippen molar-refractivity contribution in [3.63, 3.8) is 0 Å². The summed E-state index contributed by atoms with van der Waals surface area (Å²) in [5.74, 6) is 0.238. The third kappa shape index (κ3) is 2.23. The number of hydrogen-bond acceptors (Lipinski definition) is 3. The molecular formula is C9H13BO3. The van der Waals surface area contributed by atoms with Gasteiger partial charge in [0, 0.05) is 6.85 Å². The molecule has 0 saturated carbocycles. The Balaban J connectivity index is 3.45. The fourth-order valence-electron chi connectivity index (χ4n) is 0.996. The number of rotatable bonds is 3. The molecule has 3 nitrogen and oxygen atoms in total. The van der Waals surface area contributed by atoms with Gasteiger partial charge in [-0.2, -0.15) is 0 Å². The zero-order chi connectivity index (χ0) is 14.1. The molecule has 1 aromatic rings. The first-order valence-electron chi connectivity index (χ1n) is 6.16. The van der Waals surface area contributed by atoms with Gasteiger partial charge in [0.1, 0.15) is 5.75 Å². The van der Waals surface area contributed by atoms with Crippen molar-refractivity contribution in [2.75, 3.05) is 7.11 Å². The van der Waals surface area contributed by atoms with Crippen molar-refractivity contribution >= 4 is 12.6 Å². The average Bonchev–Trinajstić information content (AvgIpc) is 2.26. The third-order valence-corrected chi connectivity index (χ3v) is 1.67. The summed E-state index contributed by atoms with van der Waals surface area (Å²) in [5.41, 5.74) is -0.520. The Morgan fingerprint density at radius 3 is 2.92 bits per heavy atom. The molecule has 0 aliphatic rings. The van der Waals surface area contributed by atoms with Gasteiger partial charge >= 0.3 is 7.12 Å². The lowest BCUT2D eigenvalue weighted by Gasteiger charge is -2.08. The number of benzene rings is 1. The van der Waals surface area contributed by atoms with Crippen LogP contribution in [0, 0.1) is 0 Å². The van der Waals surface area contributed by atoms with Crippen molar-refractivity contribution in [1.29, 1.82) is 0 Å². The largest absolute Gasteiger partial charge is 0.497 e. The van der Waals surface area contributed by atoms with E-state index in [9.17, 15) is 0 Å². The minimum absolute atomic E-state index is 0.197. The Kier molecular flexibility index (Phi) is 1.66. The third-order valence-electron chi connectivity index (χ3n) is 1.67. The van der Waals surface area contributed by atoms with E-state index in [1.165, 1.54) is 19.2 Å². The van der Waals surface area contributed by atoms with Gasteiger partial charge in [0.2, 0.25) is 0 Å². The van der Waals surface area contributed by atoms with Crippen molar-refractivity contribution in [3.05, 3.63) is 23.8 Å². The highest BCUT2D eigenvalue weighted by molar-refractivity contribution is 6.59. The lowest BCUT2D eigenvalue weighted by molar-refractivity contribution is 0.413. The van der Waals surface area contributed by atoms with Gasteiger partial charge in [-0.3, -0.25) is 0 Å². The molecule has 0 saturated heterocycles. The zero-order valence-electron chi connectivity index (χ0n) is 12.1. The maximum absolute atomic E-state index is 9.16. The van der Waals surface area contributed by atoms with Crippen LogP contribution in [0.4, 0.5) is 0 Å². The van der Waals surface area contributed by atoms with E-state index < -0.39 is 20.3 Å². The Bertz CT molecular complexity index is 433. The topological polar surface area (TPSA) is 49.7 Å². The average molecular weight is 185 g/mol. The molecule has 0 aromatic heterocycles. The maximum Gasteiger partial charge on any atom is 0.488 e. The fraction of sp³-hybridized carbons (Fsp3) is 0.333. The summed E-state index contributed by atoms with van der Waals surface area (Å²) in [5, 5.41) is 18.3. The van der Waals surface area contributed by atoms with Crippen LogP contribution in [0.5, 0.6) is 5.75 Å². The molecule has 0 atom stereocenters. The van der Waals surface area contributed by atoms with Crippen LogP contribution in [0.3, 0.4) is 0 Å². The Hall–Kier alpha value is -0.995. The second-order valence-electron chi connectivity index (χ2n) is 2.45. The molecule has 2 N–H and O–H groups in total. The SMILES string of the molecule is [2H]C([2H])([2H])C([2H])([2H])c1cc(OC)ccc1B(O)O. The smallest absolute Gasteiger partial charge is 0.488 e. The standard InChI is InChI=1S/C9H13BO3/c1-3-7-6-8(13-2)4-5-9(7)10(11)12/h4-6,11-12H,3H2,1-2H3/i1D3,3D2. The molecule has 1 aromatic carbocycles. The summed E-state index contributed by atoms with van der Waals surface area (Å²) in [6.45, 7) is -2.93. The highest BCUT2D eigenvalue weighted by Gasteiger charge is 2.14. The van der Waals surface area contributed by atoms with E-state index >= 15 is 0 Å². The van der Waals surface area contributed by atoms with Crippen LogP contribution in [0.25, 0.3) is 0 Å². The van der Waals surface area contributed by atoms with E-state index in [1.807, 2.05) is 0 Å². The number of aryl methyl sites for hydroxylation is 1. The van der Waals surface area contributed by atoms with Crippen LogP contribution in [0.1, 0.15) is 19.3 Å². The van der Waals surface area contributed by atoms with Crippen molar-refractivity contribution in [3.8, 4) is 5.75 Å². The molecular weight excluding hydrogens is 167 g/mol. The van der Waals surface area contributed by atoms with Gasteiger partial charge in [-0.05, 0) is 29.5 Å². The van der Waals surface area contributed by atoms with Crippen LogP contribution in [0.15, 0.2) is 18.2 Å². The van der Waals surface area contributed by atoms with Gasteiger partial charge in [0.15, 0.2) is 0 Å². The molecule has 0 heterocycles. The lowest BCUT2D eigenvalue weighted by atomic mass is 9.76. The molecule has 0 aliphatic heterocycles. The molecule has 0 spiro atoms. The first-order valence-corrected chi connectivity index (χ1v) is 3.66. The van der Waals surface area contributed by atoms with E-state index in [1.54, 1.807) is 0 Å².